The molecule has 0 saturated heterocycles. The number of benzene rings is 1. The number of nitrogens with zero attached hydrogens (tertiary/aromatic N) is 4. The molecule has 0 amide bonds. The highest BCUT2D eigenvalue weighted by atomic mass is 32.1. The molecule has 0 bridgehead atoms. The zero-order chi connectivity index (χ0) is 23.7. The molecular formula is C24H26N4O4S. The van der Waals surface area contributed by atoms with Gasteiger partial charge in [-0.15, -0.1) is 0 Å². The molecule has 9 heteroatoms. The van der Waals surface area contributed by atoms with Crippen LogP contribution in [-0.2, 0) is 16.1 Å². The second kappa shape index (κ2) is 9.19. The van der Waals surface area contributed by atoms with Gasteiger partial charge in [0.05, 0.1) is 41.3 Å². The largest absolute Gasteiger partial charge is 0.497 e. The molecular weight excluding hydrogens is 440 g/mol. The molecule has 0 saturated carbocycles. The molecule has 4 rings (SSSR count). The van der Waals surface area contributed by atoms with Gasteiger partial charge in [0.2, 0.25) is 0 Å². The molecule has 1 atom stereocenters. The van der Waals surface area contributed by atoms with Crippen LogP contribution in [0.3, 0.4) is 0 Å². The predicted octanol–water partition coefficient (Wildman–Crippen LogP) is 2.33. The minimum Gasteiger partial charge on any atom is -0.497 e. The number of aromatic nitrogens is 3. The fourth-order valence-corrected chi connectivity index (χ4v) is 4.91. The van der Waals surface area contributed by atoms with Crippen LogP contribution in [0.4, 0.5) is 0 Å². The first-order valence-electron chi connectivity index (χ1n) is 10.8. The van der Waals surface area contributed by atoms with Crippen molar-refractivity contribution < 1.29 is 14.3 Å². The second-order valence-electron chi connectivity index (χ2n) is 7.60. The average Bonchev–Trinajstić information content (AvgIpc) is 3.32. The second-order valence-corrected chi connectivity index (χ2v) is 8.61. The van der Waals surface area contributed by atoms with Gasteiger partial charge in [0, 0.05) is 18.3 Å². The summed E-state index contributed by atoms with van der Waals surface area (Å²) in [6, 6.07) is 6.69. The lowest BCUT2D eigenvalue weighted by molar-refractivity contribution is -0.139. The maximum absolute atomic E-state index is 13.6. The third-order valence-electron chi connectivity index (χ3n) is 5.54. The molecule has 0 aliphatic carbocycles. The van der Waals surface area contributed by atoms with Crippen LogP contribution in [0.5, 0.6) is 5.75 Å². The summed E-state index contributed by atoms with van der Waals surface area (Å²) in [6.07, 6.45) is 3.76. The van der Waals surface area contributed by atoms with E-state index in [0.717, 1.165) is 23.4 Å². The summed E-state index contributed by atoms with van der Waals surface area (Å²) in [7, 11) is 1.59. The van der Waals surface area contributed by atoms with Crippen LogP contribution in [-0.4, -0.2) is 34.0 Å². The summed E-state index contributed by atoms with van der Waals surface area (Å²) in [5, 5.41) is 4.46. The molecule has 33 heavy (non-hydrogen) atoms. The highest BCUT2D eigenvalue weighted by Gasteiger charge is 2.33. The van der Waals surface area contributed by atoms with Crippen LogP contribution in [0.25, 0.3) is 6.08 Å². The number of esters is 1. The molecule has 0 N–H and O–H groups in total. The molecule has 8 nitrogen and oxygen atoms in total. The van der Waals surface area contributed by atoms with Crippen molar-refractivity contribution in [2.75, 3.05) is 13.7 Å². The van der Waals surface area contributed by atoms with Gasteiger partial charge in [-0.2, -0.15) is 5.10 Å². The van der Waals surface area contributed by atoms with Crippen molar-refractivity contribution in [3.63, 3.8) is 0 Å². The average molecular weight is 467 g/mol. The van der Waals surface area contributed by atoms with Crippen molar-refractivity contribution >= 4 is 23.4 Å². The third kappa shape index (κ3) is 4.16. The number of allylic oxidation sites excluding steroid dienone is 1. The number of rotatable bonds is 6. The van der Waals surface area contributed by atoms with Gasteiger partial charge in [-0.3, -0.25) is 14.0 Å². The first kappa shape index (κ1) is 22.7. The summed E-state index contributed by atoms with van der Waals surface area (Å²) < 4.78 is 14.5. The zero-order valence-corrected chi connectivity index (χ0v) is 20.1. The SMILES string of the molecule is CCOC(=O)C1=C(C)N=c2s/c(=C/c3cn(CC)nc3C)c(=O)n2[C@@H]1c1ccc(OC)cc1. The molecule has 1 aliphatic rings. The molecule has 3 heterocycles. The molecule has 172 valence electrons. The van der Waals surface area contributed by atoms with Crippen molar-refractivity contribution in [3.05, 3.63) is 78.2 Å². The number of thiazole rings is 1. The molecule has 0 fully saturated rings. The van der Waals surface area contributed by atoms with Crippen LogP contribution >= 0.6 is 11.3 Å². The third-order valence-corrected chi connectivity index (χ3v) is 6.53. The highest BCUT2D eigenvalue weighted by Crippen LogP contribution is 2.31. The smallest absolute Gasteiger partial charge is 0.338 e. The summed E-state index contributed by atoms with van der Waals surface area (Å²) in [5.41, 5.74) is 3.18. The van der Waals surface area contributed by atoms with Gasteiger partial charge >= 0.3 is 5.97 Å². The van der Waals surface area contributed by atoms with Gasteiger partial charge in [0.25, 0.3) is 5.56 Å². The van der Waals surface area contributed by atoms with Crippen molar-refractivity contribution in [2.45, 2.75) is 40.3 Å². The normalized spacial score (nSPS) is 15.9. The lowest BCUT2D eigenvalue weighted by atomic mass is 9.96. The number of hydrogen-bond donors (Lipinski definition) is 0. The maximum Gasteiger partial charge on any atom is 0.338 e. The van der Waals surface area contributed by atoms with Crippen molar-refractivity contribution in [3.8, 4) is 5.75 Å². The Kier molecular flexibility index (Phi) is 6.33. The Morgan fingerprint density at radius 2 is 1.94 bits per heavy atom. The minimum atomic E-state index is -0.646. The number of carbonyl (C=O) groups excluding carboxylic acids is 1. The Labute approximate surface area is 195 Å². The quantitative estimate of drug-likeness (QED) is 0.521. The van der Waals surface area contributed by atoms with Crippen molar-refractivity contribution in [1.29, 1.82) is 0 Å². The van der Waals surface area contributed by atoms with E-state index in [9.17, 15) is 9.59 Å². The van der Waals surface area contributed by atoms with E-state index >= 15 is 0 Å². The van der Waals surface area contributed by atoms with Crippen LogP contribution in [0.1, 0.15) is 43.6 Å². The summed E-state index contributed by atoms with van der Waals surface area (Å²) >= 11 is 1.30. The van der Waals surface area contributed by atoms with Gasteiger partial charge in [-0.25, -0.2) is 9.79 Å². The van der Waals surface area contributed by atoms with Gasteiger partial charge in [0.15, 0.2) is 4.80 Å². The van der Waals surface area contributed by atoms with Crippen LogP contribution < -0.4 is 19.6 Å². The van der Waals surface area contributed by atoms with Gasteiger partial charge in [0.1, 0.15) is 5.75 Å². The number of methoxy groups -OCH3 is 1. The lowest BCUT2D eigenvalue weighted by Gasteiger charge is -2.24. The number of aryl methyl sites for hydroxylation is 2. The van der Waals surface area contributed by atoms with E-state index in [-0.39, 0.29) is 12.2 Å². The van der Waals surface area contributed by atoms with Crippen molar-refractivity contribution in [2.24, 2.45) is 4.99 Å². The monoisotopic (exact) mass is 466 g/mol. The van der Waals surface area contributed by atoms with E-state index in [1.807, 2.05) is 55.1 Å². The Balaban J connectivity index is 1.94. The summed E-state index contributed by atoms with van der Waals surface area (Å²) in [5.74, 6) is 0.210. The molecule has 0 radical (unpaired) electrons. The van der Waals surface area contributed by atoms with Crippen LogP contribution in [0, 0.1) is 6.92 Å². The van der Waals surface area contributed by atoms with E-state index in [1.165, 1.54) is 11.3 Å². The zero-order valence-electron chi connectivity index (χ0n) is 19.3. The highest BCUT2D eigenvalue weighted by molar-refractivity contribution is 7.07. The Morgan fingerprint density at radius 3 is 2.55 bits per heavy atom. The van der Waals surface area contributed by atoms with Gasteiger partial charge < -0.3 is 9.47 Å². The first-order chi connectivity index (χ1) is 15.9. The summed E-state index contributed by atoms with van der Waals surface area (Å²) in [4.78, 5) is 31.7. The Bertz CT molecular complexity index is 1410. The maximum atomic E-state index is 13.6. The molecule has 0 unspecified atom stereocenters. The van der Waals surface area contributed by atoms with E-state index < -0.39 is 12.0 Å². The fraction of sp³-hybridized carbons (Fsp3) is 0.333. The van der Waals surface area contributed by atoms with Gasteiger partial charge in [-0.1, -0.05) is 23.5 Å². The number of ether oxygens (including phenoxy) is 2. The van der Waals surface area contributed by atoms with E-state index in [0.29, 0.717) is 26.4 Å². The predicted molar refractivity (Wildman–Crippen MR) is 126 cm³/mol. The first-order valence-corrected chi connectivity index (χ1v) is 11.6. The Hall–Kier alpha value is -3.46. The molecule has 0 spiro atoms. The Morgan fingerprint density at radius 1 is 1.21 bits per heavy atom. The minimum absolute atomic E-state index is 0.211. The number of hydrogen-bond acceptors (Lipinski definition) is 7. The number of carbonyl (C=O) groups is 1. The lowest BCUT2D eigenvalue weighted by Crippen LogP contribution is -2.39. The van der Waals surface area contributed by atoms with Crippen LogP contribution in [0.15, 0.2) is 51.5 Å². The summed E-state index contributed by atoms with van der Waals surface area (Å²) in [6.45, 7) is 8.43. The molecule has 1 aromatic carbocycles. The molecule has 1 aliphatic heterocycles. The van der Waals surface area contributed by atoms with E-state index in [1.54, 1.807) is 25.5 Å². The van der Waals surface area contributed by atoms with Gasteiger partial charge in [-0.05, 0) is 51.5 Å². The molecule has 3 aromatic rings. The fourth-order valence-electron chi connectivity index (χ4n) is 3.87. The standard InChI is InChI=1S/C24H26N4O4S/c1-6-27-13-17(14(3)26-27)12-19-22(29)28-21(16-8-10-18(31-5)11-9-16)20(23(30)32-7-2)15(4)25-24(28)33-19/h8-13,21H,6-7H2,1-5H3/b19-12+/t21-/m1/s1. The number of fused-ring (bicyclic) bond motifs is 1. The van der Waals surface area contributed by atoms with E-state index in [4.69, 9.17) is 9.47 Å². The van der Waals surface area contributed by atoms with Crippen LogP contribution in [0.2, 0.25) is 0 Å². The van der Waals surface area contributed by atoms with Crippen molar-refractivity contribution in [1.82, 2.24) is 14.3 Å². The van der Waals surface area contributed by atoms with E-state index in [2.05, 4.69) is 10.1 Å². The topological polar surface area (TPSA) is 87.7 Å². The molecule has 2 aromatic heterocycles.